The van der Waals surface area contributed by atoms with E-state index in [4.69, 9.17) is 4.42 Å². The fourth-order valence-electron chi connectivity index (χ4n) is 2.56. The van der Waals surface area contributed by atoms with Crippen LogP contribution in [0.3, 0.4) is 0 Å². The lowest BCUT2D eigenvalue weighted by molar-refractivity contribution is 0.231. The minimum absolute atomic E-state index is 0.647. The molecular weight excluding hydrogens is 272 g/mol. The number of hydrogen-bond acceptors (Lipinski definition) is 6. The van der Waals surface area contributed by atoms with Gasteiger partial charge >= 0.3 is 0 Å². The van der Waals surface area contributed by atoms with Gasteiger partial charge in [0.2, 0.25) is 11.8 Å². The van der Waals surface area contributed by atoms with Crippen LogP contribution in [0.5, 0.6) is 0 Å². The maximum atomic E-state index is 5.46. The third-order valence-electron chi connectivity index (χ3n) is 3.57. The summed E-state index contributed by atoms with van der Waals surface area (Å²) in [5.41, 5.74) is 0. The van der Waals surface area contributed by atoms with E-state index in [-0.39, 0.29) is 0 Å². The molecular formula is C14H20N4OS. The maximum Gasteiger partial charge on any atom is 0.230 e. The summed E-state index contributed by atoms with van der Waals surface area (Å²) in [6.07, 6.45) is 1.19. The number of rotatable bonds is 4. The number of thiophene rings is 1. The summed E-state index contributed by atoms with van der Waals surface area (Å²) in [7, 11) is 0. The Morgan fingerprint density at radius 2 is 1.95 bits per heavy atom. The highest BCUT2D eigenvalue weighted by molar-refractivity contribution is 7.09. The number of aromatic nitrogens is 2. The topological polar surface area (TPSA) is 45.4 Å². The average Bonchev–Trinajstić information content (AvgIpc) is 3.01. The SMILES string of the molecule is Cc1nnc(CN2CCCN(Cc3cccs3)CC2)o1. The number of aryl methyl sites for hydroxylation is 1. The Bertz CT molecular complexity index is 525. The van der Waals surface area contributed by atoms with E-state index < -0.39 is 0 Å². The fourth-order valence-corrected chi connectivity index (χ4v) is 3.30. The molecule has 0 saturated carbocycles. The van der Waals surface area contributed by atoms with Gasteiger partial charge < -0.3 is 4.42 Å². The van der Waals surface area contributed by atoms with Crippen LogP contribution in [-0.4, -0.2) is 46.2 Å². The van der Waals surface area contributed by atoms with E-state index in [1.807, 2.05) is 18.3 Å². The first-order valence-corrected chi connectivity index (χ1v) is 7.93. The van der Waals surface area contributed by atoms with Crippen LogP contribution >= 0.6 is 11.3 Å². The summed E-state index contributed by atoms with van der Waals surface area (Å²) < 4.78 is 5.46. The lowest BCUT2D eigenvalue weighted by atomic mass is 10.3. The highest BCUT2D eigenvalue weighted by Gasteiger charge is 2.17. The Hall–Kier alpha value is -1.24. The highest BCUT2D eigenvalue weighted by atomic mass is 32.1. The second kappa shape index (κ2) is 6.47. The molecule has 3 heterocycles. The minimum atomic E-state index is 0.647. The van der Waals surface area contributed by atoms with Crippen molar-refractivity contribution in [2.24, 2.45) is 0 Å². The second-order valence-corrected chi connectivity index (χ2v) is 6.23. The molecule has 0 spiro atoms. The predicted octanol–water partition coefficient (Wildman–Crippen LogP) is 2.15. The Morgan fingerprint density at radius 1 is 1.15 bits per heavy atom. The molecule has 0 unspecified atom stereocenters. The largest absolute Gasteiger partial charge is 0.424 e. The Balaban J connectivity index is 1.51. The Kier molecular flexibility index (Phi) is 4.44. The van der Waals surface area contributed by atoms with Crippen LogP contribution in [0.1, 0.15) is 23.1 Å². The van der Waals surface area contributed by atoms with Crippen molar-refractivity contribution in [1.29, 1.82) is 0 Å². The molecule has 0 aromatic carbocycles. The second-order valence-electron chi connectivity index (χ2n) is 5.20. The predicted molar refractivity (Wildman–Crippen MR) is 78.5 cm³/mol. The van der Waals surface area contributed by atoms with Crippen molar-refractivity contribution >= 4 is 11.3 Å². The fraction of sp³-hybridized carbons (Fsp3) is 0.571. The molecule has 0 amide bonds. The summed E-state index contributed by atoms with van der Waals surface area (Å²) in [6.45, 7) is 8.11. The molecule has 108 valence electrons. The van der Waals surface area contributed by atoms with Crippen molar-refractivity contribution in [3.05, 3.63) is 34.2 Å². The van der Waals surface area contributed by atoms with Gasteiger partial charge in [-0.15, -0.1) is 21.5 Å². The standard InChI is InChI=1S/C14H20N4OS/c1-12-15-16-14(19-12)11-18-6-3-5-17(7-8-18)10-13-4-2-9-20-13/h2,4,9H,3,5-8,10-11H2,1H3. The van der Waals surface area contributed by atoms with Crippen LogP contribution in [0.25, 0.3) is 0 Å². The lowest BCUT2D eigenvalue weighted by Crippen LogP contribution is -2.30. The van der Waals surface area contributed by atoms with Crippen molar-refractivity contribution in [2.75, 3.05) is 26.2 Å². The molecule has 5 nitrogen and oxygen atoms in total. The van der Waals surface area contributed by atoms with Crippen molar-refractivity contribution < 1.29 is 4.42 Å². The van der Waals surface area contributed by atoms with Crippen LogP contribution in [0, 0.1) is 6.92 Å². The summed E-state index contributed by atoms with van der Waals surface area (Å²) in [4.78, 5) is 6.39. The first-order chi connectivity index (χ1) is 9.79. The molecule has 3 rings (SSSR count). The zero-order valence-corrected chi connectivity index (χ0v) is 12.6. The molecule has 0 aliphatic carbocycles. The van der Waals surface area contributed by atoms with Crippen LogP contribution in [0.15, 0.2) is 21.9 Å². The quantitative estimate of drug-likeness (QED) is 0.864. The lowest BCUT2D eigenvalue weighted by Gasteiger charge is -2.20. The van der Waals surface area contributed by atoms with Gasteiger partial charge in [0.25, 0.3) is 0 Å². The van der Waals surface area contributed by atoms with Gasteiger partial charge in [0, 0.05) is 31.4 Å². The average molecular weight is 292 g/mol. The summed E-state index contributed by atoms with van der Waals surface area (Å²) in [6, 6.07) is 4.34. The van der Waals surface area contributed by atoms with Crippen molar-refractivity contribution in [1.82, 2.24) is 20.0 Å². The molecule has 1 aliphatic rings. The van der Waals surface area contributed by atoms with Crippen LogP contribution in [-0.2, 0) is 13.1 Å². The van der Waals surface area contributed by atoms with E-state index in [1.165, 1.54) is 11.3 Å². The van der Waals surface area contributed by atoms with Crippen molar-refractivity contribution in [3.8, 4) is 0 Å². The molecule has 1 saturated heterocycles. The molecule has 6 heteroatoms. The smallest absolute Gasteiger partial charge is 0.230 e. The Morgan fingerprint density at radius 3 is 2.60 bits per heavy atom. The van der Waals surface area contributed by atoms with E-state index in [2.05, 4.69) is 37.5 Å². The van der Waals surface area contributed by atoms with E-state index >= 15 is 0 Å². The first kappa shape index (κ1) is 13.7. The molecule has 2 aromatic rings. The van der Waals surface area contributed by atoms with Gasteiger partial charge in [-0.05, 0) is 31.0 Å². The molecule has 1 aliphatic heterocycles. The molecule has 2 aromatic heterocycles. The maximum absolute atomic E-state index is 5.46. The molecule has 0 atom stereocenters. The number of nitrogens with zero attached hydrogens (tertiary/aromatic N) is 4. The zero-order chi connectivity index (χ0) is 13.8. The first-order valence-electron chi connectivity index (χ1n) is 7.06. The van der Waals surface area contributed by atoms with Crippen molar-refractivity contribution in [3.63, 3.8) is 0 Å². The van der Waals surface area contributed by atoms with Gasteiger partial charge in [-0.2, -0.15) is 0 Å². The van der Waals surface area contributed by atoms with Crippen molar-refractivity contribution in [2.45, 2.75) is 26.4 Å². The van der Waals surface area contributed by atoms with E-state index in [9.17, 15) is 0 Å². The van der Waals surface area contributed by atoms with Crippen LogP contribution < -0.4 is 0 Å². The van der Waals surface area contributed by atoms with Crippen LogP contribution in [0.4, 0.5) is 0 Å². The molecule has 0 bridgehead atoms. The monoisotopic (exact) mass is 292 g/mol. The highest BCUT2D eigenvalue weighted by Crippen LogP contribution is 2.14. The Labute approximate surface area is 123 Å². The molecule has 0 radical (unpaired) electrons. The molecule has 1 fully saturated rings. The summed E-state index contributed by atoms with van der Waals surface area (Å²) in [5.74, 6) is 1.38. The van der Waals surface area contributed by atoms with Gasteiger partial charge in [-0.3, -0.25) is 9.80 Å². The summed E-state index contributed by atoms with van der Waals surface area (Å²) in [5, 5.41) is 10.1. The van der Waals surface area contributed by atoms with Crippen LogP contribution in [0.2, 0.25) is 0 Å². The minimum Gasteiger partial charge on any atom is -0.424 e. The summed E-state index contributed by atoms with van der Waals surface area (Å²) >= 11 is 1.84. The zero-order valence-electron chi connectivity index (χ0n) is 11.8. The van der Waals surface area contributed by atoms with E-state index in [1.54, 1.807) is 0 Å². The normalized spacial score (nSPS) is 18.2. The molecule has 0 N–H and O–H groups in total. The third kappa shape index (κ3) is 3.65. The third-order valence-corrected chi connectivity index (χ3v) is 4.43. The van der Waals surface area contributed by atoms with Gasteiger partial charge in [0.15, 0.2) is 0 Å². The van der Waals surface area contributed by atoms with Gasteiger partial charge in [0.05, 0.1) is 6.54 Å². The molecule has 20 heavy (non-hydrogen) atoms. The van der Waals surface area contributed by atoms with Gasteiger partial charge in [0.1, 0.15) is 0 Å². The van der Waals surface area contributed by atoms with E-state index in [0.717, 1.165) is 45.2 Å². The number of hydrogen-bond donors (Lipinski definition) is 0. The van der Waals surface area contributed by atoms with E-state index in [0.29, 0.717) is 5.89 Å². The van der Waals surface area contributed by atoms with Gasteiger partial charge in [-0.1, -0.05) is 6.07 Å². The van der Waals surface area contributed by atoms with Gasteiger partial charge in [-0.25, -0.2) is 0 Å².